The molecule has 1 aromatic rings. The van der Waals surface area contributed by atoms with E-state index in [2.05, 4.69) is 5.32 Å². The van der Waals surface area contributed by atoms with Crippen molar-refractivity contribution in [1.82, 2.24) is 5.32 Å². The van der Waals surface area contributed by atoms with Gasteiger partial charge in [0.1, 0.15) is 0 Å². The highest BCUT2D eigenvalue weighted by Gasteiger charge is 2.35. The fraction of sp³-hybridized carbons (Fsp3) is 0.333. The third kappa shape index (κ3) is 5.59. The molecule has 1 rings (SSSR count). The first kappa shape index (κ1) is 17.7. The molecule has 0 aliphatic carbocycles. The van der Waals surface area contributed by atoms with E-state index in [9.17, 15) is 22.8 Å². The molecule has 0 unspecified atom stereocenters. The van der Waals surface area contributed by atoms with E-state index >= 15 is 0 Å². The molecule has 120 valence electrons. The predicted octanol–water partition coefficient (Wildman–Crippen LogP) is 3.16. The lowest BCUT2D eigenvalue weighted by molar-refractivity contribution is -0.125. The molecule has 0 radical (unpaired) electrons. The molecule has 0 aromatic heterocycles. The molecule has 1 aromatic carbocycles. The van der Waals surface area contributed by atoms with Crippen molar-refractivity contribution in [2.45, 2.75) is 32.0 Å². The maximum atomic E-state index is 12.1. The van der Waals surface area contributed by atoms with E-state index in [-0.39, 0.29) is 12.5 Å². The molecule has 0 fully saturated rings. The van der Waals surface area contributed by atoms with Crippen LogP contribution in [-0.2, 0) is 4.79 Å². The Labute approximate surface area is 125 Å². The number of hydrogen-bond acceptors (Lipinski definition) is 3. The fourth-order valence-electron chi connectivity index (χ4n) is 1.73. The van der Waals surface area contributed by atoms with Crippen LogP contribution < -0.4 is 5.32 Å². The number of hydrogen-bond donors (Lipinski definition) is 2. The summed E-state index contributed by atoms with van der Waals surface area (Å²) >= 11 is 0. The molecular formula is C15H16F3NO3. The van der Waals surface area contributed by atoms with Crippen LogP contribution >= 0.6 is 0 Å². The largest absolute Gasteiger partial charge is 0.504 e. The maximum absolute atomic E-state index is 12.1. The molecule has 0 heterocycles. The van der Waals surface area contributed by atoms with Gasteiger partial charge in [0.05, 0.1) is 0 Å². The Morgan fingerprint density at radius 3 is 2.23 bits per heavy atom. The topological polar surface area (TPSA) is 66.4 Å². The van der Waals surface area contributed by atoms with E-state index < -0.39 is 29.2 Å². The van der Waals surface area contributed by atoms with Crippen molar-refractivity contribution < 1.29 is 27.9 Å². The molecule has 0 saturated heterocycles. The quantitative estimate of drug-likeness (QED) is 0.648. The average molecular weight is 315 g/mol. The Hall–Kier alpha value is -2.31. The Morgan fingerprint density at radius 1 is 1.18 bits per heavy atom. The van der Waals surface area contributed by atoms with Crippen LogP contribution in [0.4, 0.5) is 13.2 Å². The molecule has 4 nitrogen and oxygen atoms in total. The van der Waals surface area contributed by atoms with Gasteiger partial charge in [0.25, 0.3) is 5.91 Å². The molecule has 1 amide bonds. The summed E-state index contributed by atoms with van der Waals surface area (Å²) in [5.41, 5.74) is -0.691. The molecule has 0 spiro atoms. The monoisotopic (exact) mass is 315 g/mol. The summed E-state index contributed by atoms with van der Waals surface area (Å²) in [5, 5.41) is 11.3. The van der Waals surface area contributed by atoms with Gasteiger partial charge in [-0.1, -0.05) is 18.2 Å². The molecule has 0 bridgehead atoms. The van der Waals surface area contributed by atoms with E-state index in [1.165, 1.54) is 13.8 Å². The lowest BCUT2D eigenvalue weighted by Crippen LogP contribution is -2.44. The van der Waals surface area contributed by atoms with Crippen LogP contribution in [0, 0.1) is 0 Å². The van der Waals surface area contributed by atoms with Gasteiger partial charge in [-0.3, -0.25) is 9.59 Å². The second kappa shape index (κ2) is 6.64. The van der Waals surface area contributed by atoms with Crippen LogP contribution in [0.1, 0.15) is 30.6 Å². The van der Waals surface area contributed by atoms with Gasteiger partial charge in [0.2, 0.25) is 5.76 Å². The van der Waals surface area contributed by atoms with Gasteiger partial charge in [0.15, 0.2) is 5.78 Å². The van der Waals surface area contributed by atoms with Gasteiger partial charge < -0.3 is 10.4 Å². The van der Waals surface area contributed by atoms with Gasteiger partial charge in [-0.2, -0.15) is 13.2 Å². The predicted molar refractivity (Wildman–Crippen MR) is 74.4 cm³/mol. The van der Waals surface area contributed by atoms with Gasteiger partial charge >= 0.3 is 6.18 Å². The van der Waals surface area contributed by atoms with Crippen molar-refractivity contribution in [2.24, 2.45) is 0 Å². The number of aliphatic hydroxyl groups excluding tert-OH is 1. The fourth-order valence-corrected chi connectivity index (χ4v) is 1.73. The average Bonchev–Trinajstić information content (AvgIpc) is 2.37. The minimum Gasteiger partial charge on any atom is -0.504 e. The van der Waals surface area contributed by atoms with Gasteiger partial charge in [-0.05, 0) is 26.0 Å². The van der Waals surface area contributed by atoms with E-state index in [0.717, 1.165) is 0 Å². The lowest BCUT2D eigenvalue weighted by Gasteiger charge is -2.25. The lowest BCUT2D eigenvalue weighted by atomic mass is 9.96. The summed E-state index contributed by atoms with van der Waals surface area (Å²) in [6, 6.07) is 8.20. The highest BCUT2D eigenvalue weighted by molar-refractivity contribution is 5.96. The highest BCUT2D eigenvalue weighted by atomic mass is 19.4. The maximum Gasteiger partial charge on any atom is 0.448 e. The number of allylic oxidation sites excluding steroid dienone is 2. The van der Waals surface area contributed by atoms with Crippen LogP contribution in [0.3, 0.4) is 0 Å². The number of benzene rings is 1. The van der Waals surface area contributed by atoms with Crippen molar-refractivity contribution in [2.75, 3.05) is 0 Å². The summed E-state index contributed by atoms with van der Waals surface area (Å²) in [6.45, 7) is 3.01. The third-order valence-corrected chi connectivity index (χ3v) is 2.69. The first-order chi connectivity index (χ1) is 10.0. The molecule has 2 N–H and O–H groups in total. The SMILES string of the molecule is CC(C)(CC(=O)/C=C(\O)C(F)(F)F)NC(=O)c1ccccc1. The normalized spacial score (nSPS) is 12.9. The molecule has 0 aliphatic rings. The first-order valence-corrected chi connectivity index (χ1v) is 6.39. The number of amides is 1. The standard InChI is InChI=1S/C15H16F3NO3/c1-14(2,9-11(20)8-12(21)15(16,17)18)19-13(22)10-6-4-3-5-7-10/h3-8,21H,9H2,1-2H3,(H,19,22)/b12-8-. The van der Waals surface area contributed by atoms with Crippen molar-refractivity contribution in [1.29, 1.82) is 0 Å². The van der Waals surface area contributed by atoms with E-state index in [1.54, 1.807) is 30.3 Å². The molecule has 0 atom stereocenters. The summed E-state index contributed by atoms with van der Waals surface area (Å²) in [4.78, 5) is 23.5. The molecule has 7 heteroatoms. The number of ketones is 1. The summed E-state index contributed by atoms with van der Waals surface area (Å²) < 4.78 is 36.4. The highest BCUT2D eigenvalue weighted by Crippen LogP contribution is 2.23. The number of carbonyl (C=O) groups excluding carboxylic acids is 2. The molecule has 0 aliphatic heterocycles. The van der Waals surface area contributed by atoms with Crippen molar-refractivity contribution in [3.8, 4) is 0 Å². The van der Waals surface area contributed by atoms with Crippen LogP contribution in [0.25, 0.3) is 0 Å². The number of alkyl halides is 3. The zero-order valence-corrected chi connectivity index (χ0v) is 12.1. The van der Waals surface area contributed by atoms with Crippen molar-refractivity contribution in [3.63, 3.8) is 0 Å². The van der Waals surface area contributed by atoms with E-state index in [4.69, 9.17) is 5.11 Å². The Kier molecular flexibility index (Phi) is 5.35. The Balaban J connectivity index is 2.72. The summed E-state index contributed by atoms with van der Waals surface area (Å²) in [5.74, 6) is -3.33. The number of halogens is 3. The van der Waals surface area contributed by atoms with Crippen LogP contribution in [0.15, 0.2) is 42.2 Å². The summed E-state index contributed by atoms with van der Waals surface area (Å²) in [6.07, 6.45) is -5.23. The molecule has 0 saturated carbocycles. The molecule has 22 heavy (non-hydrogen) atoms. The van der Waals surface area contributed by atoms with Crippen LogP contribution in [0.5, 0.6) is 0 Å². The van der Waals surface area contributed by atoms with Crippen LogP contribution in [0.2, 0.25) is 0 Å². The Morgan fingerprint density at radius 2 is 1.73 bits per heavy atom. The Bertz CT molecular complexity index is 577. The number of rotatable bonds is 5. The number of nitrogens with one attached hydrogen (secondary N) is 1. The summed E-state index contributed by atoms with van der Waals surface area (Å²) in [7, 11) is 0. The van der Waals surface area contributed by atoms with Gasteiger partial charge in [-0.15, -0.1) is 0 Å². The van der Waals surface area contributed by atoms with Gasteiger partial charge in [0, 0.05) is 23.6 Å². The third-order valence-electron chi connectivity index (χ3n) is 2.69. The number of aliphatic hydroxyl groups is 1. The number of carbonyl (C=O) groups is 2. The van der Waals surface area contributed by atoms with Crippen LogP contribution in [-0.4, -0.2) is 28.5 Å². The van der Waals surface area contributed by atoms with Crippen molar-refractivity contribution in [3.05, 3.63) is 47.7 Å². The minimum absolute atomic E-state index is 0.121. The van der Waals surface area contributed by atoms with Crippen molar-refractivity contribution >= 4 is 11.7 Å². The molecular weight excluding hydrogens is 299 g/mol. The zero-order valence-electron chi connectivity index (χ0n) is 12.1. The second-order valence-electron chi connectivity index (χ2n) is 5.37. The smallest absolute Gasteiger partial charge is 0.448 e. The van der Waals surface area contributed by atoms with E-state index in [1.807, 2.05) is 0 Å². The minimum atomic E-state index is -4.97. The van der Waals surface area contributed by atoms with Gasteiger partial charge in [-0.25, -0.2) is 0 Å². The second-order valence-corrected chi connectivity index (χ2v) is 5.37. The first-order valence-electron chi connectivity index (χ1n) is 6.39. The zero-order chi connectivity index (χ0) is 17.0. The van der Waals surface area contributed by atoms with E-state index in [0.29, 0.717) is 5.56 Å².